The van der Waals surface area contributed by atoms with Crippen molar-refractivity contribution in [3.8, 4) is 0 Å². The molecule has 3 aromatic rings. The van der Waals surface area contributed by atoms with Gasteiger partial charge in [-0.25, -0.2) is 24.0 Å². The van der Waals surface area contributed by atoms with E-state index in [-0.39, 0.29) is 108 Å². The minimum Gasteiger partial charge on any atom is -0.469 e. The topological polar surface area (TPSA) is 337 Å². The van der Waals surface area contributed by atoms with Crippen molar-refractivity contribution in [1.82, 2.24) is 35.1 Å². The number of carbonyl (C=O) groups is 12. The zero-order valence-electron chi connectivity index (χ0n) is 84.8. The van der Waals surface area contributed by atoms with Crippen LogP contribution in [0.4, 0.5) is 24.0 Å². The Labute approximate surface area is 820 Å². The molecule has 2 spiro atoms. The molecule has 134 heavy (non-hydrogen) atoms. The van der Waals surface area contributed by atoms with E-state index < -0.39 is 44.3 Å². The summed E-state index contributed by atoms with van der Waals surface area (Å²) in [5, 5.41) is 7.39. The number of ether oxygens (including phenoxy) is 10. The van der Waals surface area contributed by atoms with Gasteiger partial charge in [0.05, 0.1) is 62.1 Å². The Morgan fingerprint density at radius 1 is 0.440 bits per heavy atom. The number of hydrogen-bond acceptors (Lipinski definition) is 23. The molecule has 11 rings (SSSR count). The third-order valence-electron chi connectivity index (χ3n) is 23.8. The van der Waals surface area contributed by atoms with E-state index in [0.29, 0.717) is 148 Å². The van der Waals surface area contributed by atoms with Gasteiger partial charge in [-0.05, 0) is 251 Å². The monoisotopic (exact) mass is 1930 g/mol. The molecule has 3 aromatic carbocycles. The van der Waals surface area contributed by atoms with Gasteiger partial charge < -0.3 is 87.3 Å². The first-order chi connectivity index (χ1) is 62.5. The number of nitrogens with zero attached hydrogens (tertiary/aromatic N) is 5. The number of aldehydes is 1. The molecule has 2 N–H and O–H groups in total. The molecule has 2 atom stereocenters. The van der Waals surface area contributed by atoms with Gasteiger partial charge >= 0.3 is 73.2 Å². The van der Waals surface area contributed by atoms with E-state index in [1.54, 1.807) is 63.5 Å². The minimum atomic E-state index is -0.797. The molecule has 0 radical (unpaired) electrons. The number of nitrogens with one attached hydrogen (secondary N) is 2. The fraction of sp³-hybridized carbons (Fsp3) is 0.650. The summed E-state index contributed by atoms with van der Waals surface area (Å²) in [5.74, 6) is -0.136. The number of piperidine rings is 6. The van der Waals surface area contributed by atoms with Crippen molar-refractivity contribution in [2.24, 2.45) is 33.0 Å². The Balaban J connectivity index is 0.000000527. The Bertz CT molecular complexity index is 3870. The SMILES string of the molecule is C=CCBr.C=CCC1(C(=O)OC)CCN(C(=O)OC(C)(C)C)CC1.C=CCC1(C(=O)OC)CCN(C(=O)OC(C)(C)C)CC1.CC(C)(C)OC(=O)N1CCC2(CC1)CC(c1ccccc1)CC2=O.CCOCC.COC(=O)C1(CC=O)CCN(C(=O)OC(C)(C)C)CC1.COC(=O)C1CCN(C(=O)OC(C)(C)C)CC1.O=C1NC(c2ccccc2)CC12CCNCC2.[Li+].[c-]1ccccc1. The van der Waals surface area contributed by atoms with Gasteiger partial charge in [-0.2, -0.15) is 36.4 Å². The summed E-state index contributed by atoms with van der Waals surface area (Å²) >= 11 is 3.13. The summed E-state index contributed by atoms with van der Waals surface area (Å²) in [7, 11) is 5.50. The summed E-state index contributed by atoms with van der Waals surface area (Å²) in [4.78, 5) is 151. The van der Waals surface area contributed by atoms with Crippen LogP contribution in [0.15, 0.2) is 129 Å². The van der Waals surface area contributed by atoms with E-state index in [0.717, 1.165) is 76.4 Å². The third-order valence-corrected chi connectivity index (χ3v) is 24.2. The second kappa shape index (κ2) is 58.5. The minimum absolute atomic E-state index is 0. The normalized spacial score (nSPS) is 19.0. The maximum Gasteiger partial charge on any atom is 1.00 e. The smallest absolute Gasteiger partial charge is 0.469 e. The zero-order valence-corrected chi connectivity index (χ0v) is 86.3. The number of benzene rings is 3. The fourth-order valence-electron chi connectivity index (χ4n) is 16.6. The van der Waals surface area contributed by atoms with Crippen LogP contribution in [0, 0.1) is 39.1 Å². The number of halogens is 1. The van der Waals surface area contributed by atoms with Crippen LogP contribution in [-0.4, -0.2) is 250 Å². The largest absolute Gasteiger partial charge is 1.00 e. The number of amides is 6. The number of rotatable bonds is 15. The van der Waals surface area contributed by atoms with E-state index in [2.05, 4.69) is 76.6 Å². The van der Waals surface area contributed by atoms with Gasteiger partial charge in [0.15, 0.2) is 0 Å². The van der Waals surface area contributed by atoms with E-state index in [4.69, 9.17) is 47.4 Å². The summed E-state index contributed by atoms with van der Waals surface area (Å²) < 4.78 is 50.8. The molecule has 7 saturated heterocycles. The first kappa shape index (κ1) is 121. The Hall–Kier alpha value is -9.08. The molecule has 0 aromatic heterocycles. The van der Waals surface area contributed by atoms with Crippen molar-refractivity contribution < 1.29 is 124 Å². The Morgan fingerprint density at radius 3 is 1.04 bits per heavy atom. The van der Waals surface area contributed by atoms with Gasteiger partial charge in [0.1, 0.15) is 40.1 Å². The number of allylic oxidation sites excluding steroid dienone is 3. The van der Waals surface area contributed by atoms with Crippen LogP contribution >= 0.6 is 15.9 Å². The number of ketones is 1. The zero-order chi connectivity index (χ0) is 100. The molecule has 6 amide bonds. The molecular weight excluding hydrogens is 1770 g/mol. The van der Waals surface area contributed by atoms with E-state index in [1.807, 2.05) is 164 Å². The average Bonchev–Trinajstić information content (AvgIpc) is 1.63. The van der Waals surface area contributed by atoms with Crippen LogP contribution in [0.25, 0.3) is 0 Å². The Morgan fingerprint density at radius 2 is 0.761 bits per heavy atom. The molecule has 29 nitrogen and oxygen atoms in total. The van der Waals surface area contributed by atoms with Crippen molar-refractivity contribution in [3.63, 3.8) is 0 Å². The van der Waals surface area contributed by atoms with E-state index in [9.17, 15) is 57.5 Å². The van der Waals surface area contributed by atoms with Gasteiger partial charge in [0.2, 0.25) is 5.91 Å². The number of methoxy groups -OCH3 is 4. The maximum absolute atomic E-state index is 12.7. The maximum atomic E-state index is 12.7. The Kier molecular flexibility index (Phi) is 52.8. The molecular formula is C103H159BrLiN7O22. The number of Topliss-reactive ketones (excluding diaryl/α,β-unsaturated/α-hetero) is 1. The standard InChI is InChI=1S/C20H27NO3.2C15H25NO4.C14H18N2O.C14H23NO5.C12H21NO4.C6H5.C4H10O.C3H5Br.Li/c1-19(2,3)24-18(23)21-11-9-20(10-12-21)14-16(13-17(20)22)15-7-5-4-6-8-15;2*1-6-7-15(12(17)19-5)8-10-16(11-9-15)13(18)20-14(2,3)4;17-13-14(6-8-15-9-7-14)10-12(16-13)11-4-2-1-3-5-11;1-13(2,3)20-12(18)15-8-5-14(6-9-15,7-10-16)11(17)19-4;1-12(2,3)17-11(15)13-7-5-9(6-8-13)10(14)16-4;1-2-4-6-5-3-1;1-3-5-4-2;1-2-3-4;/h4-8,16H,9-14H2,1-3H3;2*6H,1,7-11H2,2-5H3;1-5,12,15H,6-10H2,(H,16,17);10H,5-9H2,1-4H3;9H,5-8H2,1-4H3;1-5H;3-4H2,1-2H3;2H,1,3H2;/q;;;;;;-1;;;+1. The number of alkyl halides is 1. The van der Waals surface area contributed by atoms with Gasteiger partial charge in [0.25, 0.3) is 0 Å². The molecule has 31 heteroatoms. The molecule has 7 aliphatic heterocycles. The van der Waals surface area contributed by atoms with Gasteiger partial charge in [-0.1, -0.05) is 94.8 Å². The predicted octanol–water partition coefficient (Wildman–Crippen LogP) is 15.9. The quantitative estimate of drug-likeness (QED) is 0.0271. The molecule has 7 heterocycles. The van der Waals surface area contributed by atoms with Crippen molar-refractivity contribution in [3.05, 3.63) is 146 Å². The fourth-order valence-corrected chi connectivity index (χ4v) is 16.6. The number of carbonyl (C=O) groups excluding carboxylic acids is 12. The summed E-state index contributed by atoms with van der Waals surface area (Å²) in [6, 6.07) is 33.3. The third kappa shape index (κ3) is 41.9. The number of hydrogen-bond donors (Lipinski definition) is 2. The van der Waals surface area contributed by atoms with Crippen molar-refractivity contribution in [2.45, 2.75) is 273 Å². The predicted molar refractivity (Wildman–Crippen MR) is 518 cm³/mol. The first-order valence-electron chi connectivity index (χ1n) is 46.7. The molecule has 1 aliphatic carbocycles. The van der Waals surface area contributed by atoms with Crippen molar-refractivity contribution in [2.75, 3.05) is 126 Å². The van der Waals surface area contributed by atoms with Gasteiger partial charge in [-0.3, -0.25) is 28.8 Å². The van der Waals surface area contributed by atoms with E-state index >= 15 is 0 Å². The summed E-state index contributed by atoms with van der Waals surface area (Å²) in [6.07, 6.45) is 16.1. The molecule has 8 aliphatic rings. The molecule has 746 valence electrons. The van der Waals surface area contributed by atoms with Crippen LogP contribution in [0.2, 0.25) is 0 Å². The van der Waals surface area contributed by atoms with Gasteiger partial charge in [-0.15, -0.1) is 19.7 Å². The second-order valence-electron chi connectivity index (χ2n) is 39.5. The summed E-state index contributed by atoms with van der Waals surface area (Å²) in [6.45, 7) is 51.1. The van der Waals surface area contributed by atoms with E-state index in [1.165, 1.54) is 39.6 Å². The molecule has 8 fully saturated rings. The molecule has 2 unspecified atom stereocenters. The van der Waals surface area contributed by atoms with Crippen LogP contribution in [0.1, 0.15) is 256 Å². The van der Waals surface area contributed by atoms with Crippen molar-refractivity contribution >= 4 is 88.2 Å². The number of esters is 4. The molecule has 0 bridgehead atoms. The molecule has 1 saturated carbocycles. The number of likely N-dealkylation sites (tertiary alicyclic amines) is 5. The first-order valence-corrected chi connectivity index (χ1v) is 47.8. The van der Waals surface area contributed by atoms with Crippen LogP contribution in [0.5, 0.6) is 0 Å². The average molecular weight is 1930 g/mol. The van der Waals surface area contributed by atoms with Crippen molar-refractivity contribution in [1.29, 1.82) is 0 Å². The van der Waals surface area contributed by atoms with Crippen LogP contribution in [-0.2, 0) is 80.9 Å². The van der Waals surface area contributed by atoms with Crippen LogP contribution < -0.4 is 29.5 Å². The summed E-state index contributed by atoms with van der Waals surface area (Å²) in [5.41, 5.74) is -2.25. The van der Waals surface area contributed by atoms with Gasteiger partial charge in [0, 0.05) is 102 Å². The van der Waals surface area contributed by atoms with Crippen LogP contribution in [0.3, 0.4) is 0 Å². The second-order valence-corrected chi connectivity index (χ2v) is 40.1.